The lowest BCUT2D eigenvalue weighted by Gasteiger charge is -2.18. The second-order valence-corrected chi connectivity index (χ2v) is 8.89. The number of rotatable bonds is 8. The van der Waals surface area contributed by atoms with Gasteiger partial charge in [-0.2, -0.15) is 4.31 Å². The van der Waals surface area contributed by atoms with Crippen LogP contribution in [-0.4, -0.2) is 57.5 Å². The van der Waals surface area contributed by atoms with Gasteiger partial charge >= 0.3 is 5.97 Å². The Labute approximate surface area is 187 Å². The molecule has 1 N–H and O–H groups in total. The summed E-state index contributed by atoms with van der Waals surface area (Å²) in [7, 11) is -3.72. The number of esters is 1. The van der Waals surface area contributed by atoms with Crippen molar-refractivity contribution in [1.82, 2.24) is 4.31 Å². The fourth-order valence-corrected chi connectivity index (χ4v) is 4.65. The minimum atomic E-state index is -3.72. The van der Waals surface area contributed by atoms with Crippen LogP contribution in [0.25, 0.3) is 0 Å². The van der Waals surface area contributed by atoms with E-state index in [-0.39, 0.29) is 10.5 Å². The number of amides is 1. The Balaban J connectivity index is 1.61. The van der Waals surface area contributed by atoms with Crippen molar-refractivity contribution in [3.8, 4) is 11.5 Å². The number of hydrogen-bond donors (Lipinski definition) is 1. The van der Waals surface area contributed by atoms with Crippen LogP contribution >= 0.6 is 0 Å². The predicted molar refractivity (Wildman–Crippen MR) is 118 cm³/mol. The van der Waals surface area contributed by atoms with Crippen LogP contribution < -0.4 is 14.8 Å². The van der Waals surface area contributed by atoms with Gasteiger partial charge in [0.05, 0.1) is 23.7 Å². The van der Waals surface area contributed by atoms with Gasteiger partial charge in [-0.15, -0.1) is 0 Å². The Kier molecular flexibility index (Phi) is 7.70. The van der Waals surface area contributed by atoms with Crippen LogP contribution in [0.15, 0.2) is 47.4 Å². The van der Waals surface area contributed by atoms with Crippen molar-refractivity contribution in [2.45, 2.75) is 25.2 Å². The molecule has 0 saturated carbocycles. The Morgan fingerprint density at radius 2 is 1.75 bits per heavy atom. The summed E-state index contributed by atoms with van der Waals surface area (Å²) in [6, 6.07) is 10.6. The highest BCUT2D eigenvalue weighted by Crippen LogP contribution is 2.32. The lowest BCUT2D eigenvalue weighted by atomic mass is 10.2. The highest BCUT2D eigenvalue weighted by molar-refractivity contribution is 7.89. The molecule has 1 heterocycles. The van der Waals surface area contributed by atoms with Gasteiger partial charge in [0.25, 0.3) is 5.91 Å². The molecule has 0 spiro atoms. The van der Waals surface area contributed by atoms with E-state index in [1.165, 1.54) is 28.6 Å². The highest BCUT2D eigenvalue weighted by Gasteiger charge is 2.23. The monoisotopic (exact) mass is 462 g/mol. The third-order valence-corrected chi connectivity index (χ3v) is 6.82. The van der Waals surface area contributed by atoms with E-state index in [4.69, 9.17) is 14.2 Å². The van der Waals surface area contributed by atoms with E-state index in [1.807, 2.05) is 0 Å². The number of sulfonamides is 1. The highest BCUT2D eigenvalue weighted by atomic mass is 32.2. The average Bonchev–Trinajstić information content (AvgIpc) is 3.03. The van der Waals surface area contributed by atoms with Gasteiger partial charge in [0.15, 0.2) is 18.1 Å². The van der Waals surface area contributed by atoms with Gasteiger partial charge in [0.1, 0.15) is 0 Å². The van der Waals surface area contributed by atoms with E-state index in [1.54, 1.807) is 32.0 Å². The Hall–Kier alpha value is -3.11. The van der Waals surface area contributed by atoms with Crippen LogP contribution in [0.2, 0.25) is 0 Å². The van der Waals surface area contributed by atoms with Crippen LogP contribution in [0.4, 0.5) is 5.69 Å². The van der Waals surface area contributed by atoms with Crippen molar-refractivity contribution in [2.75, 3.05) is 38.2 Å². The molecule has 0 unspecified atom stereocenters. The number of nitrogens with zero attached hydrogens (tertiary/aromatic N) is 1. The number of benzene rings is 2. The van der Waals surface area contributed by atoms with Gasteiger partial charge in [-0.25, -0.2) is 13.2 Å². The smallest absolute Gasteiger partial charge is 0.338 e. The van der Waals surface area contributed by atoms with E-state index in [9.17, 15) is 18.0 Å². The third-order valence-electron chi connectivity index (χ3n) is 4.78. The summed E-state index contributed by atoms with van der Waals surface area (Å²) in [5.74, 6) is -0.204. The SMILES string of the molecule is CCN(CC)S(=O)(=O)c1cccc(C(=O)OCC(=O)Nc2ccc3c(c2)OCCCO3)c1. The van der Waals surface area contributed by atoms with Gasteiger partial charge in [-0.05, 0) is 30.3 Å². The molecule has 10 heteroatoms. The van der Waals surface area contributed by atoms with Crippen LogP contribution in [0, 0.1) is 0 Å². The van der Waals surface area contributed by atoms with Crippen molar-refractivity contribution >= 4 is 27.6 Å². The van der Waals surface area contributed by atoms with E-state index >= 15 is 0 Å². The van der Waals surface area contributed by atoms with E-state index in [0.29, 0.717) is 43.5 Å². The molecule has 0 aliphatic carbocycles. The molecule has 0 saturated heterocycles. The number of hydrogen-bond acceptors (Lipinski definition) is 7. The molecule has 0 atom stereocenters. The maximum atomic E-state index is 12.7. The molecule has 32 heavy (non-hydrogen) atoms. The maximum absolute atomic E-state index is 12.7. The first-order valence-corrected chi connectivity index (χ1v) is 11.8. The minimum Gasteiger partial charge on any atom is -0.490 e. The topological polar surface area (TPSA) is 111 Å². The summed E-state index contributed by atoms with van der Waals surface area (Å²) in [6.45, 7) is 4.65. The van der Waals surface area contributed by atoms with Crippen molar-refractivity contribution in [1.29, 1.82) is 0 Å². The van der Waals surface area contributed by atoms with Crippen LogP contribution in [0.1, 0.15) is 30.6 Å². The van der Waals surface area contributed by atoms with Gasteiger partial charge in [-0.3, -0.25) is 4.79 Å². The van der Waals surface area contributed by atoms with Gasteiger partial charge in [-0.1, -0.05) is 19.9 Å². The zero-order chi connectivity index (χ0) is 23.1. The van der Waals surface area contributed by atoms with Gasteiger partial charge in [0, 0.05) is 31.3 Å². The van der Waals surface area contributed by atoms with Crippen LogP contribution in [-0.2, 0) is 19.6 Å². The molecule has 3 rings (SSSR count). The Bertz CT molecular complexity index is 1080. The average molecular weight is 463 g/mol. The van der Waals surface area contributed by atoms with Crippen molar-refractivity contribution in [3.05, 3.63) is 48.0 Å². The molecular formula is C22H26N2O7S. The Morgan fingerprint density at radius 1 is 1.03 bits per heavy atom. The zero-order valence-electron chi connectivity index (χ0n) is 18.0. The molecule has 0 aromatic heterocycles. The van der Waals surface area contributed by atoms with E-state index < -0.39 is 28.5 Å². The molecule has 2 aromatic rings. The van der Waals surface area contributed by atoms with E-state index in [2.05, 4.69) is 5.32 Å². The Morgan fingerprint density at radius 3 is 2.47 bits per heavy atom. The molecule has 1 amide bonds. The van der Waals surface area contributed by atoms with Crippen molar-refractivity contribution < 1.29 is 32.2 Å². The number of carbonyl (C=O) groups excluding carboxylic acids is 2. The molecule has 1 aliphatic rings. The second-order valence-electron chi connectivity index (χ2n) is 6.95. The lowest BCUT2D eigenvalue weighted by molar-refractivity contribution is -0.119. The zero-order valence-corrected chi connectivity index (χ0v) is 18.8. The molecule has 0 bridgehead atoms. The fourth-order valence-electron chi connectivity index (χ4n) is 3.15. The second kappa shape index (κ2) is 10.5. The molecular weight excluding hydrogens is 436 g/mol. The summed E-state index contributed by atoms with van der Waals surface area (Å²) < 4.78 is 42.8. The lowest BCUT2D eigenvalue weighted by Crippen LogP contribution is -2.30. The molecule has 0 fully saturated rings. The number of nitrogens with one attached hydrogen (secondary N) is 1. The largest absolute Gasteiger partial charge is 0.490 e. The number of ether oxygens (including phenoxy) is 3. The quantitative estimate of drug-likeness (QED) is 0.601. The van der Waals surface area contributed by atoms with Gasteiger partial charge in [0.2, 0.25) is 10.0 Å². The summed E-state index contributed by atoms with van der Waals surface area (Å²) in [5.41, 5.74) is 0.518. The maximum Gasteiger partial charge on any atom is 0.338 e. The number of fused-ring (bicyclic) bond motifs is 1. The molecule has 172 valence electrons. The predicted octanol–water partition coefficient (Wildman–Crippen LogP) is 2.67. The summed E-state index contributed by atoms with van der Waals surface area (Å²) >= 11 is 0. The normalized spacial score (nSPS) is 13.3. The number of anilines is 1. The molecule has 1 aliphatic heterocycles. The summed E-state index contributed by atoms with van der Waals surface area (Å²) in [5, 5.41) is 2.63. The first-order chi connectivity index (χ1) is 15.3. The minimum absolute atomic E-state index is 0.00713. The molecule has 0 radical (unpaired) electrons. The van der Waals surface area contributed by atoms with Crippen LogP contribution in [0.3, 0.4) is 0 Å². The fraction of sp³-hybridized carbons (Fsp3) is 0.364. The van der Waals surface area contributed by atoms with Gasteiger partial charge < -0.3 is 19.5 Å². The summed E-state index contributed by atoms with van der Waals surface area (Å²) in [6.07, 6.45) is 0.768. The van der Waals surface area contributed by atoms with Crippen molar-refractivity contribution in [3.63, 3.8) is 0 Å². The molecule has 2 aromatic carbocycles. The first kappa shape index (κ1) is 23.6. The third kappa shape index (κ3) is 5.57. The number of carbonyl (C=O) groups is 2. The van der Waals surface area contributed by atoms with Crippen LogP contribution in [0.5, 0.6) is 11.5 Å². The summed E-state index contributed by atoms with van der Waals surface area (Å²) in [4.78, 5) is 24.6. The molecule has 9 nitrogen and oxygen atoms in total. The first-order valence-electron chi connectivity index (χ1n) is 10.3. The van der Waals surface area contributed by atoms with E-state index in [0.717, 1.165) is 6.42 Å². The standard InChI is InChI=1S/C22H26N2O7S/c1-3-24(4-2)32(27,28)18-8-5-7-16(13-18)22(26)31-15-21(25)23-17-9-10-19-20(14-17)30-12-6-11-29-19/h5,7-10,13-14H,3-4,6,11-12,15H2,1-2H3,(H,23,25). The van der Waals surface area contributed by atoms with Crippen molar-refractivity contribution in [2.24, 2.45) is 0 Å².